The van der Waals surface area contributed by atoms with E-state index in [1.54, 1.807) is 12.2 Å². The summed E-state index contributed by atoms with van der Waals surface area (Å²) >= 11 is 0. The van der Waals surface area contributed by atoms with Gasteiger partial charge in [0.25, 0.3) is 5.69 Å². The Morgan fingerprint density at radius 1 is 1.40 bits per heavy atom. The van der Waals surface area contributed by atoms with Crippen molar-refractivity contribution >= 4 is 22.3 Å². The molecule has 5 nitrogen and oxygen atoms in total. The van der Waals surface area contributed by atoms with Gasteiger partial charge in [0, 0.05) is 17.5 Å². The van der Waals surface area contributed by atoms with Crippen LogP contribution in [0.15, 0.2) is 48.6 Å². The molecule has 1 atom stereocenters. The third-order valence-electron chi connectivity index (χ3n) is 3.25. The number of non-ortho nitro benzene ring substituents is 1. The first-order valence-corrected chi connectivity index (χ1v) is 8.14. The molecule has 6 heteroatoms. The number of fused-ring (bicyclic) bond motifs is 1. The molecule has 0 N–H and O–H groups in total. The summed E-state index contributed by atoms with van der Waals surface area (Å²) in [6.45, 7) is 12.9. The Balaban J connectivity index is 0.00000151. The Morgan fingerprint density at radius 3 is 2.52 bits per heavy atom. The number of nitrogens with zero attached hydrogens (tertiary/aromatic N) is 3. The van der Waals surface area contributed by atoms with Crippen molar-refractivity contribution in [3.05, 3.63) is 64.4 Å². The maximum absolute atomic E-state index is 13.9. The summed E-state index contributed by atoms with van der Waals surface area (Å²) in [5.74, 6) is 0. The van der Waals surface area contributed by atoms with Crippen molar-refractivity contribution in [2.24, 2.45) is 0 Å². The van der Waals surface area contributed by atoms with Crippen LogP contribution in [0.5, 0.6) is 0 Å². The molecule has 0 radical (unpaired) electrons. The Labute approximate surface area is 147 Å². The van der Waals surface area contributed by atoms with E-state index in [0.29, 0.717) is 16.6 Å². The first-order chi connectivity index (χ1) is 11.8. The van der Waals surface area contributed by atoms with Crippen molar-refractivity contribution < 1.29 is 9.31 Å². The number of allylic oxidation sites excluding steroid dienone is 5. The zero-order valence-electron chi connectivity index (χ0n) is 15.3. The lowest BCUT2D eigenvalue weighted by molar-refractivity contribution is -0.384. The summed E-state index contributed by atoms with van der Waals surface area (Å²) in [5.41, 5.74) is 2.36. The van der Waals surface area contributed by atoms with E-state index in [2.05, 4.69) is 11.7 Å². The number of benzene rings is 1. The van der Waals surface area contributed by atoms with Crippen molar-refractivity contribution in [1.82, 2.24) is 9.78 Å². The highest BCUT2D eigenvalue weighted by molar-refractivity contribution is 5.88. The molecule has 2 aromatic rings. The summed E-state index contributed by atoms with van der Waals surface area (Å²) in [6.07, 6.45) is 3.90. The number of rotatable bonds is 5. The number of halogens is 1. The van der Waals surface area contributed by atoms with Crippen LogP contribution < -0.4 is 0 Å². The van der Waals surface area contributed by atoms with Crippen molar-refractivity contribution in [2.45, 2.75) is 40.8 Å². The molecular formula is C19H24FN3O2. The maximum Gasteiger partial charge on any atom is 0.271 e. The van der Waals surface area contributed by atoms with Crippen LogP contribution in [0.1, 0.15) is 46.5 Å². The summed E-state index contributed by atoms with van der Waals surface area (Å²) in [6, 6.07) is 4.30. The molecule has 1 unspecified atom stereocenters. The summed E-state index contributed by atoms with van der Waals surface area (Å²) in [5, 5.41) is 15.9. The highest BCUT2D eigenvalue weighted by atomic mass is 19.1. The Hall–Kier alpha value is -2.76. The van der Waals surface area contributed by atoms with E-state index < -0.39 is 11.1 Å². The number of hydrogen-bond acceptors (Lipinski definition) is 3. The molecule has 1 aromatic heterocycles. The van der Waals surface area contributed by atoms with E-state index in [-0.39, 0.29) is 11.4 Å². The average Bonchev–Trinajstić information content (AvgIpc) is 2.94. The lowest BCUT2D eigenvalue weighted by Crippen LogP contribution is -1.99. The zero-order chi connectivity index (χ0) is 19.1. The predicted molar refractivity (Wildman–Crippen MR) is 101 cm³/mol. The van der Waals surface area contributed by atoms with Gasteiger partial charge in [-0.1, -0.05) is 32.1 Å². The quantitative estimate of drug-likeness (QED) is 0.379. The molecular weight excluding hydrogens is 321 g/mol. The fraction of sp³-hybridized carbons (Fsp3) is 0.316. The molecule has 0 saturated heterocycles. The topological polar surface area (TPSA) is 61.0 Å². The van der Waals surface area contributed by atoms with Crippen LogP contribution in [0.3, 0.4) is 0 Å². The molecule has 0 spiro atoms. The van der Waals surface area contributed by atoms with Gasteiger partial charge >= 0.3 is 0 Å². The second-order valence-electron chi connectivity index (χ2n) is 5.42. The van der Waals surface area contributed by atoms with Crippen LogP contribution in [0, 0.1) is 10.1 Å². The fourth-order valence-electron chi connectivity index (χ4n) is 2.33. The highest BCUT2D eigenvalue weighted by Gasteiger charge is 2.19. The van der Waals surface area contributed by atoms with Crippen molar-refractivity contribution in [3.8, 4) is 0 Å². The number of nitro benzene ring substituents is 1. The van der Waals surface area contributed by atoms with E-state index in [1.165, 1.54) is 29.8 Å². The van der Waals surface area contributed by atoms with Gasteiger partial charge in [-0.2, -0.15) is 5.10 Å². The summed E-state index contributed by atoms with van der Waals surface area (Å²) < 4.78 is 15.4. The summed E-state index contributed by atoms with van der Waals surface area (Å²) in [4.78, 5) is 10.5. The van der Waals surface area contributed by atoms with E-state index in [1.807, 2.05) is 33.8 Å². The van der Waals surface area contributed by atoms with Crippen LogP contribution in [-0.2, 0) is 0 Å². The second-order valence-corrected chi connectivity index (χ2v) is 5.42. The van der Waals surface area contributed by atoms with Gasteiger partial charge in [0.15, 0.2) is 0 Å². The minimum Gasteiger partial charge on any atom is -0.258 e. The van der Waals surface area contributed by atoms with Crippen molar-refractivity contribution in [2.75, 3.05) is 0 Å². The van der Waals surface area contributed by atoms with Crippen LogP contribution >= 0.6 is 0 Å². The van der Waals surface area contributed by atoms with Gasteiger partial charge in [0.05, 0.1) is 16.1 Å². The van der Waals surface area contributed by atoms with E-state index in [0.717, 1.165) is 5.57 Å². The second kappa shape index (κ2) is 8.92. The van der Waals surface area contributed by atoms with Crippen LogP contribution in [-0.4, -0.2) is 14.7 Å². The van der Waals surface area contributed by atoms with E-state index in [4.69, 9.17) is 0 Å². The minimum atomic E-state index is -1.28. The lowest BCUT2D eigenvalue weighted by Gasteiger charge is -2.05. The zero-order valence-corrected chi connectivity index (χ0v) is 15.3. The number of hydrogen-bond donors (Lipinski definition) is 0. The van der Waals surface area contributed by atoms with E-state index >= 15 is 0 Å². The molecule has 0 aliphatic carbocycles. The molecule has 25 heavy (non-hydrogen) atoms. The molecule has 0 amide bonds. The van der Waals surface area contributed by atoms with Crippen LogP contribution in [0.25, 0.3) is 16.6 Å². The fourth-order valence-corrected chi connectivity index (χ4v) is 2.33. The monoisotopic (exact) mass is 345 g/mol. The number of alkyl halides is 1. The van der Waals surface area contributed by atoms with Gasteiger partial charge in [-0.3, -0.25) is 10.1 Å². The van der Waals surface area contributed by atoms with Gasteiger partial charge in [-0.25, -0.2) is 9.07 Å². The SMILES string of the molecule is C=C/C=C(\C=C(C)C)n1nc(C(C)F)c2ccc([N+](=O)[O-])cc21.CC. The van der Waals surface area contributed by atoms with Gasteiger partial charge in [0.1, 0.15) is 11.9 Å². The molecule has 0 aliphatic rings. The minimum absolute atomic E-state index is 0.0631. The average molecular weight is 345 g/mol. The Kier molecular flexibility index (Phi) is 7.23. The normalized spacial score (nSPS) is 12.2. The van der Waals surface area contributed by atoms with Crippen LogP contribution in [0.4, 0.5) is 10.1 Å². The van der Waals surface area contributed by atoms with Gasteiger partial charge in [-0.15, -0.1) is 0 Å². The number of aromatic nitrogens is 2. The van der Waals surface area contributed by atoms with Gasteiger partial charge in [-0.05, 0) is 39.0 Å². The first kappa shape index (κ1) is 20.3. The number of nitro groups is 1. The van der Waals surface area contributed by atoms with Gasteiger partial charge in [0.2, 0.25) is 0 Å². The molecule has 0 saturated carbocycles. The molecule has 0 aliphatic heterocycles. The highest BCUT2D eigenvalue weighted by Crippen LogP contribution is 2.31. The van der Waals surface area contributed by atoms with Crippen molar-refractivity contribution in [1.29, 1.82) is 0 Å². The van der Waals surface area contributed by atoms with Crippen LogP contribution in [0.2, 0.25) is 0 Å². The lowest BCUT2D eigenvalue weighted by atomic mass is 10.1. The Bertz CT molecular complexity index is 829. The molecule has 0 bridgehead atoms. The maximum atomic E-state index is 13.9. The first-order valence-electron chi connectivity index (χ1n) is 8.14. The molecule has 1 heterocycles. The molecule has 1 aromatic carbocycles. The smallest absolute Gasteiger partial charge is 0.258 e. The van der Waals surface area contributed by atoms with E-state index in [9.17, 15) is 14.5 Å². The predicted octanol–water partition coefficient (Wildman–Crippen LogP) is 5.99. The summed E-state index contributed by atoms with van der Waals surface area (Å²) in [7, 11) is 0. The molecule has 0 fully saturated rings. The van der Waals surface area contributed by atoms with Gasteiger partial charge < -0.3 is 0 Å². The Morgan fingerprint density at radius 2 is 2.04 bits per heavy atom. The van der Waals surface area contributed by atoms with Crippen molar-refractivity contribution in [3.63, 3.8) is 0 Å². The third-order valence-corrected chi connectivity index (χ3v) is 3.25. The largest absolute Gasteiger partial charge is 0.271 e. The standard InChI is InChI=1S/C17H18FN3O2.C2H6/c1-5-6-13(9-11(2)3)20-16-10-14(21(22)23)7-8-15(16)17(19-20)12(4)18;1-2/h5-10,12H,1H2,2-4H3;1-2H3/b13-6+;. The molecule has 2 rings (SSSR count). The molecule has 134 valence electrons. The third kappa shape index (κ3) is 4.62.